The molecule has 0 amide bonds. The number of carboxylic acid groups (broad SMARTS) is 2. The van der Waals surface area contributed by atoms with Gasteiger partial charge in [-0.1, -0.05) is 0 Å². The van der Waals surface area contributed by atoms with E-state index in [1.54, 1.807) is 0 Å². The van der Waals surface area contributed by atoms with Crippen LogP contribution >= 0.6 is 0 Å². The summed E-state index contributed by atoms with van der Waals surface area (Å²) in [5.74, 6) is -2.99. The second kappa shape index (κ2) is 16.5. The van der Waals surface area contributed by atoms with Gasteiger partial charge >= 0.3 is 11.9 Å². The number of carbonyl (C=O) groups is 2. The Morgan fingerprint density at radius 2 is 1.16 bits per heavy atom. The van der Waals surface area contributed by atoms with E-state index in [0.717, 1.165) is 6.07 Å². The van der Waals surface area contributed by atoms with Gasteiger partial charge in [-0.3, -0.25) is 4.55 Å². The molecular formula is C20H36NO10S+. The average Bonchev–Trinajstić information content (AvgIpc) is 2.76. The smallest absolute Gasteiger partial charge is 0.335 e. The van der Waals surface area contributed by atoms with Crippen LogP contribution in [0.25, 0.3) is 0 Å². The first-order valence-electron chi connectivity index (χ1n) is 10.1. The molecule has 5 N–H and O–H groups in total. The summed E-state index contributed by atoms with van der Waals surface area (Å²) in [6.45, 7) is 14.9. The Bertz CT molecular complexity index is 738. The molecule has 0 radical (unpaired) electrons. The van der Waals surface area contributed by atoms with Crippen LogP contribution in [0.1, 0.15) is 48.4 Å². The minimum Gasteiger partial charge on any atom is -0.478 e. The molecule has 0 unspecified atom stereocenters. The third kappa shape index (κ3) is 12.7. The highest BCUT2D eigenvalue weighted by molar-refractivity contribution is 7.85. The zero-order valence-corrected chi connectivity index (χ0v) is 19.8. The highest BCUT2D eigenvalue weighted by atomic mass is 32.2. The van der Waals surface area contributed by atoms with E-state index >= 15 is 0 Å². The van der Waals surface area contributed by atoms with Gasteiger partial charge in [-0.15, -0.1) is 0 Å². The van der Waals surface area contributed by atoms with Crippen molar-refractivity contribution in [2.45, 2.75) is 32.6 Å². The number of quaternary nitrogens is 1. The summed E-state index contributed by atoms with van der Waals surface area (Å²) in [4.78, 5) is 20.4. The summed E-state index contributed by atoms with van der Waals surface area (Å²) in [5.41, 5.74) is -1.07. The van der Waals surface area contributed by atoms with Crippen molar-refractivity contribution in [2.24, 2.45) is 0 Å². The fourth-order valence-corrected chi connectivity index (χ4v) is 3.12. The summed E-state index contributed by atoms with van der Waals surface area (Å²) < 4.78 is 36.1. The number of hydrogen-bond acceptors (Lipinski definition) is 7. The highest BCUT2D eigenvalue weighted by Gasteiger charge is 2.18. The second-order valence-corrected chi connectivity index (χ2v) is 7.92. The number of aliphatic hydroxyl groups excluding tert-OH is 2. The Hall–Kier alpha value is -2.09. The average molecular weight is 483 g/mol. The number of rotatable bonds is 11. The van der Waals surface area contributed by atoms with E-state index in [-0.39, 0.29) is 13.2 Å². The maximum Gasteiger partial charge on any atom is 0.335 e. The number of carboxylic acids is 2. The lowest BCUT2D eigenvalue weighted by Gasteiger charge is -2.34. The van der Waals surface area contributed by atoms with Crippen LogP contribution < -0.4 is 0 Å². The second-order valence-electron chi connectivity index (χ2n) is 6.50. The standard InChI is InChI=1S/C8H20N.C8H6O7S.C4H10O3/c1-5-9(6-2,7-3)8-4;9-7(10)4-1-5(8(11)12)3-6(2-4)16(13,14)15;5-1-3-7-4-2-6/h5-8H2,1-4H3;1-3H,(H,9,10)(H,11,12)(H,13,14,15);5-6H,1-4H2/q+1;;. The maximum absolute atomic E-state index is 10.8. The molecule has 1 aromatic carbocycles. The van der Waals surface area contributed by atoms with Crippen molar-refractivity contribution in [1.82, 2.24) is 0 Å². The quantitative estimate of drug-likeness (QED) is 0.175. The molecular weight excluding hydrogens is 446 g/mol. The molecule has 186 valence electrons. The van der Waals surface area contributed by atoms with E-state index in [1.807, 2.05) is 0 Å². The fraction of sp³-hybridized carbons (Fsp3) is 0.600. The molecule has 0 aliphatic rings. The van der Waals surface area contributed by atoms with Crippen molar-refractivity contribution in [3.63, 3.8) is 0 Å². The first-order chi connectivity index (χ1) is 14.9. The number of aliphatic hydroxyl groups is 2. The molecule has 0 bridgehead atoms. The van der Waals surface area contributed by atoms with Crippen molar-refractivity contribution in [3.8, 4) is 0 Å². The number of aromatic carboxylic acids is 2. The van der Waals surface area contributed by atoms with Gasteiger partial charge in [0.2, 0.25) is 0 Å². The molecule has 1 rings (SSSR count). The molecule has 32 heavy (non-hydrogen) atoms. The molecule has 0 aliphatic heterocycles. The first-order valence-corrected chi connectivity index (χ1v) is 11.6. The summed E-state index contributed by atoms with van der Waals surface area (Å²) in [6, 6.07) is 2.13. The minimum absolute atomic E-state index is 0.0278. The zero-order valence-electron chi connectivity index (χ0n) is 19.0. The molecule has 0 atom stereocenters. The van der Waals surface area contributed by atoms with Gasteiger partial charge in [-0.2, -0.15) is 8.42 Å². The number of hydrogen-bond donors (Lipinski definition) is 5. The summed E-state index contributed by atoms with van der Waals surface area (Å²) >= 11 is 0. The van der Waals surface area contributed by atoms with Gasteiger partial charge < -0.3 is 29.6 Å². The Labute approximate surface area is 189 Å². The highest BCUT2D eigenvalue weighted by Crippen LogP contribution is 2.15. The van der Waals surface area contributed by atoms with Crippen molar-refractivity contribution in [1.29, 1.82) is 0 Å². The number of ether oxygens (including phenoxy) is 1. The number of nitrogens with zero attached hydrogens (tertiary/aromatic N) is 1. The van der Waals surface area contributed by atoms with E-state index in [9.17, 15) is 18.0 Å². The van der Waals surface area contributed by atoms with Crippen molar-refractivity contribution >= 4 is 22.1 Å². The van der Waals surface area contributed by atoms with Crippen LogP contribution in [0.3, 0.4) is 0 Å². The SMILES string of the molecule is CC[N+](CC)(CC)CC.O=C(O)c1cc(C(=O)O)cc(S(=O)(=O)O)c1.OCCOCCO. The predicted molar refractivity (Wildman–Crippen MR) is 118 cm³/mol. The lowest BCUT2D eigenvalue weighted by atomic mass is 10.1. The molecule has 1 aromatic rings. The van der Waals surface area contributed by atoms with Crippen LogP contribution in [0.2, 0.25) is 0 Å². The van der Waals surface area contributed by atoms with Crippen LogP contribution in [0, 0.1) is 0 Å². The summed E-state index contributed by atoms with van der Waals surface area (Å²) in [5, 5.41) is 33.4. The van der Waals surface area contributed by atoms with Crippen LogP contribution in [-0.2, 0) is 14.9 Å². The van der Waals surface area contributed by atoms with Crippen molar-refractivity contribution in [2.75, 3.05) is 52.6 Å². The number of benzene rings is 1. The van der Waals surface area contributed by atoms with Gasteiger partial charge in [-0.25, -0.2) is 9.59 Å². The first kappa shape index (κ1) is 32.1. The van der Waals surface area contributed by atoms with Gasteiger partial charge in [0.25, 0.3) is 10.1 Å². The lowest BCUT2D eigenvalue weighted by molar-refractivity contribution is -0.921. The molecule has 0 saturated carbocycles. The molecule has 0 fully saturated rings. The summed E-state index contributed by atoms with van der Waals surface area (Å²) in [6.07, 6.45) is 0. The van der Waals surface area contributed by atoms with E-state index in [4.69, 9.17) is 25.0 Å². The molecule has 0 saturated heterocycles. The third-order valence-corrected chi connectivity index (χ3v) is 5.68. The normalized spacial score (nSPS) is 11.0. The van der Waals surface area contributed by atoms with E-state index in [2.05, 4.69) is 32.4 Å². The Balaban J connectivity index is 0. The molecule has 11 nitrogen and oxygen atoms in total. The van der Waals surface area contributed by atoms with Crippen molar-refractivity contribution < 1.29 is 52.2 Å². The van der Waals surface area contributed by atoms with Crippen LogP contribution in [0.5, 0.6) is 0 Å². The van der Waals surface area contributed by atoms with E-state index in [0.29, 0.717) is 25.3 Å². The summed E-state index contributed by atoms with van der Waals surface area (Å²) in [7, 11) is -4.64. The van der Waals surface area contributed by atoms with E-state index in [1.165, 1.54) is 30.7 Å². The predicted octanol–water partition coefficient (Wildman–Crippen LogP) is 1.20. The van der Waals surface area contributed by atoms with Crippen molar-refractivity contribution in [3.05, 3.63) is 29.3 Å². The molecule has 0 heterocycles. The maximum atomic E-state index is 10.8. The van der Waals surface area contributed by atoms with Gasteiger partial charge in [-0.05, 0) is 45.9 Å². The zero-order chi connectivity index (χ0) is 25.4. The minimum atomic E-state index is -4.64. The lowest BCUT2D eigenvalue weighted by Crippen LogP contribution is -2.47. The van der Waals surface area contributed by atoms with Gasteiger partial charge in [0.15, 0.2) is 0 Å². The molecule has 0 spiro atoms. The van der Waals surface area contributed by atoms with Crippen LogP contribution in [0.4, 0.5) is 0 Å². The Morgan fingerprint density at radius 3 is 1.34 bits per heavy atom. The largest absolute Gasteiger partial charge is 0.478 e. The Kier molecular flexibility index (Phi) is 16.6. The Morgan fingerprint density at radius 1 is 0.812 bits per heavy atom. The fourth-order valence-electron chi connectivity index (χ4n) is 2.57. The van der Waals surface area contributed by atoms with Gasteiger partial charge in [0.1, 0.15) is 0 Å². The molecule has 0 aromatic heterocycles. The monoisotopic (exact) mass is 482 g/mol. The van der Waals surface area contributed by atoms with Gasteiger partial charge in [0, 0.05) is 0 Å². The van der Waals surface area contributed by atoms with E-state index < -0.39 is 38.1 Å². The van der Waals surface area contributed by atoms with Crippen LogP contribution in [-0.4, -0.2) is 102 Å². The third-order valence-electron chi connectivity index (χ3n) is 4.85. The van der Waals surface area contributed by atoms with Gasteiger partial charge in [0.05, 0.1) is 68.6 Å². The van der Waals surface area contributed by atoms with Crippen LogP contribution in [0.15, 0.2) is 23.1 Å². The topological polar surface area (TPSA) is 179 Å². The molecule has 0 aliphatic carbocycles. The molecule has 12 heteroatoms.